The molecule has 0 spiro atoms. The predicted molar refractivity (Wildman–Crippen MR) is 73.8 cm³/mol. The zero-order valence-corrected chi connectivity index (χ0v) is 11.4. The lowest BCUT2D eigenvalue weighted by Crippen LogP contribution is -2.42. The molecule has 4 nitrogen and oxygen atoms in total. The van der Waals surface area contributed by atoms with Crippen molar-refractivity contribution in [3.05, 3.63) is 18.0 Å². The van der Waals surface area contributed by atoms with Gasteiger partial charge in [-0.15, -0.1) is 0 Å². The number of hydrazine groups is 1. The summed E-state index contributed by atoms with van der Waals surface area (Å²) in [5.74, 6) is 6.47. The summed E-state index contributed by atoms with van der Waals surface area (Å²) < 4.78 is 1.86. The molecule has 1 fully saturated rings. The summed E-state index contributed by atoms with van der Waals surface area (Å²) in [7, 11) is 1.96. The number of nitrogens with one attached hydrogen (secondary N) is 1. The molecular formula is C14H26N4. The third-order valence-corrected chi connectivity index (χ3v) is 4.13. The van der Waals surface area contributed by atoms with Crippen LogP contribution in [0.2, 0.25) is 0 Å². The Bertz CT molecular complexity index is 339. The number of hydrogen-bond donors (Lipinski definition) is 2. The maximum absolute atomic E-state index is 5.76. The lowest BCUT2D eigenvalue weighted by Gasteiger charge is -2.27. The van der Waals surface area contributed by atoms with Gasteiger partial charge in [-0.2, -0.15) is 5.10 Å². The normalized spacial score (nSPS) is 20.3. The van der Waals surface area contributed by atoms with Crippen molar-refractivity contribution in [2.75, 3.05) is 0 Å². The highest BCUT2D eigenvalue weighted by molar-refractivity contribution is 5.02. The van der Waals surface area contributed by atoms with Gasteiger partial charge >= 0.3 is 0 Å². The van der Waals surface area contributed by atoms with Crippen molar-refractivity contribution in [2.45, 2.75) is 57.4 Å². The summed E-state index contributed by atoms with van der Waals surface area (Å²) in [6, 6.07) is 2.46. The minimum Gasteiger partial charge on any atom is -0.276 e. The van der Waals surface area contributed by atoms with Gasteiger partial charge in [-0.1, -0.05) is 32.1 Å². The van der Waals surface area contributed by atoms with E-state index >= 15 is 0 Å². The fourth-order valence-electron chi connectivity index (χ4n) is 3.05. The molecule has 0 saturated heterocycles. The third-order valence-electron chi connectivity index (χ3n) is 4.13. The first-order valence-corrected chi connectivity index (χ1v) is 7.24. The van der Waals surface area contributed by atoms with Gasteiger partial charge in [0.15, 0.2) is 0 Å². The van der Waals surface area contributed by atoms with Gasteiger partial charge < -0.3 is 0 Å². The highest BCUT2D eigenvalue weighted by Gasteiger charge is 2.22. The maximum Gasteiger partial charge on any atom is 0.0640 e. The third kappa shape index (κ3) is 3.82. The number of nitrogens with two attached hydrogens (primary N) is 1. The van der Waals surface area contributed by atoms with Gasteiger partial charge in [0, 0.05) is 25.7 Å². The van der Waals surface area contributed by atoms with E-state index in [4.69, 9.17) is 5.84 Å². The molecule has 1 aromatic heterocycles. The van der Waals surface area contributed by atoms with Crippen molar-refractivity contribution in [1.82, 2.24) is 15.2 Å². The molecule has 3 N–H and O–H groups in total. The van der Waals surface area contributed by atoms with Gasteiger partial charge in [-0.05, 0) is 24.8 Å². The van der Waals surface area contributed by atoms with Gasteiger partial charge in [0.1, 0.15) is 0 Å². The number of aromatic nitrogens is 2. The average Bonchev–Trinajstić information content (AvgIpc) is 2.72. The summed E-state index contributed by atoms with van der Waals surface area (Å²) in [5.41, 5.74) is 4.17. The number of hydrogen-bond acceptors (Lipinski definition) is 3. The minimum atomic E-state index is 0.373. The quantitative estimate of drug-likeness (QED) is 0.636. The lowest BCUT2D eigenvalue weighted by atomic mass is 9.84. The first kappa shape index (κ1) is 13.6. The van der Waals surface area contributed by atoms with Crippen molar-refractivity contribution in [3.63, 3.8) is 0 Å². The monoisotopic (exact) mass is 250 g/mol. The van der Waals surface area contributed by atoms with Crippen LogP contribution in [-0.4, -0.2) is 15.8 Å². The van der Waals surface area contributed by atoms with E-state index < -0.39 is 0 Å². The van der Waals surface area contributed by atoms with Crippen LogP contribution in [0.15, 0.2) is 12.3 Å². The molecule has 0 amide bonds. The Hall–Kier alpha value is -0.870. The van der Waals surface area contributed by atoms with Gasteiger partial charge in [0.25, 0.3) is 0 Å². The first-order valence-electron chi connectivity index (χ1n) is 7.24. The molecule has 4 heteroatoms. The number of nitrogens with zero attached hydrogens (tertiary/aromatic N) is 2. The van der Waals surface area contributed by atoms with Crippen LogP contribution in [0, 0.1) is 5.92 Å². The van der Waals surface area contributed by atoms with Crippen molar-refractivity contribution < 1.29 is 0 Å². The minimum absolute atomic E-state index is 0.373. The largest absolute Gasteiger partial charge is 0.276 e. The SMILES string of the molecule is Cn1ccc(CC(NN)C2CCCCCCC2)n1. The smallest absolute Gasteiger partial charge is 0.0640 e. The molecule has 2 rings (SSSR count). The Morgan fingerprint density at radius 3 is 2.56 bits per heavy atom. The molecule has 1 heterocycles. The van der Waals surface area contributed by atoms with Crippen LogP contribution in [0.25, 0.3) is 0 Å². The molecule has 0 aliphatic heterocycles. The van der Waals surface area contributed by atoms with Crippen molar-refractivity contribution >= 4 is 0 Å². The maximum atomic E-state index is 5.76. The molecule has 0 aromatic carbocycles. The zero-order valence-electron chi connectivity index (χ0n) is 11.4. The van der Waals surface area contributed by atoms with Gasteiger partial charge in [0.05, 0.1) is 5.69 Å². The summed E-state index contributed by atoms with van der Waals surface area (Å²) in [5, 5.41) is 4.46. The fraction of sp³-hybridized carbons (Fsp3) is 0.786. The van der Waals surface area contributed by atoms with Gasteiger partial charge in [0.2, 0.25) is 0 Å². The van der Waals surface area contributed by atoms with Crippen LogP contribution in [0.1, 0.15) is 50.6 Å². The molecule has 1 aromatic rings. The van der Waals surface area contributed by atoms with E-state index in [0.717, 1.165) is 12.1 Å². The summed E-state index contributed by atoms with van der Waals surface area (Å²) in [6.07, 6.45) is 12.4. The van der Waals surface area contributed by atoms with E-state index in [1.807, 2.05) is 17.9 Å². The van der Waals surface area contributed by atoms with E-state index in [0.29, 0.717) is 12.0 Å². The van der Waals surface area contributed by atoms with Crippen LogP contribution in [-0.2, 0) is 13.5 Å². The second-order valence-electron chi connectivity index (χ2n) is 5.56. The standard InChI is InChI=1S/C14H26N4/c1-18-10-9-13(17-18)11-14(16-15)12-7-5-3-2-4-6-8-12/h9-10,12,14,16H,2-8,11,15H2,1H3. The second kappa shape index (κ2) is 6.90. The molecule has 1 unspecified atom stereocenters. The Labute approximate surface area is 110 Å². The molecule has 102 valence electrons. The fourth-order valence-corrected chi connectivity index (χ4v) is 3.05. The van der Waals surface area contributed by atoms with Crippen molar-refractivity contribution in [3.8, 4) is 0 Å². The van der Waals surface area contributed by atoms with Gasteiger partial charge in [-0.3, -0.25) is 16.0 Å². The first-order chi connectivity index (χ1) is 8.79. The predicted octanol–water partition coefficient (Wildman–Crippen LogP) is 2.15. The van der Waals surface area contributed by atoms with Crippen LogP contribution in [0.3, 0.4) is 0 Å². The Morgan fingerprint density at radius 1 is 1.33 bits per heavy atom. The van der Waals surface area contributed by atoms with Crippen molar-refractivity contribution in [1.29, 1.82) is 0 Å². The Kier molecular flexibility index (Phi) is 5.20. The average molecular weight is 250 g/mol. The van der Waals surface area contributed by atoms with Crippen LogP contribution in [0.4, 0.5) is 0 Å². The molecule has 1 aliphatic rings. The van der Waals surface area contributed by atoms with Crippen LogP contribution >= 0.6 is 0 Å². The number of rotatable bonds is 4. The molecular weight excluding hydrogens is 224 g/mol. The summed E-state index contributed by atoms with van der Waals surface area (Å²) in [4.78, 5) is 0. The van der Waals surface area contributed by atoms with E-state index in [2.05, 4.69) is 16.6 Å². The van der Waals surface area contributed by atoms with Crippen molar-refractivity contribution in [2.24, 2.45) is 18.8 Å². The zero-order chi connectivity index (χ0) is 12.8. The van der Waals surface area contributed by atoms with Crippen LogP contribution in [0.5, 0.6) is 0 Å². The molecule has 1 saturated carbocycles. The molecule has 0 bridgehead atoms. The second-order valence-corrected chi connectivity index (χ2v) is 5.56. The Balaban J connectivity index is 1.93. The molecule has 1 aliphatic carbocycles. The van der Waals surface area contributed by atoms with E-state index in [-0.39, 0.29) is 0 Å². The number of aryl methyl sites for hydroxylation is 1. The van der Waals surface area contributed by atoms with Gasteiger partial charge in [-0.25, -0.2) is 0 Å². The topological polar surface area (TPSA) is 55.9 Å². The lowest BCUT2D eigenvalue weighted by molar-refractivity contribution is 0.283. The highest BCUT2D eigenvalue weighted by Crippen LogP contribution is 2.26. The van der Waals surface area contributed by atoms with E-state index in [1.54, 1.807) is 0 Å². The summed E-state index contributed by atoms with van der Waals surface area (Å²) in [6.45, 7) is 0. The molecule has 18 heavy (non-hydrogen) atoms. The Morgan fingerprint density at radius 2 is 2.00 bits per heavy atom. The summed E-state index contributed by atoms with van der Waals surface area (Å²) >= 11 is 0. The highest BCUT2D eigenvalue weighted by atomic mass is 15.3. The molecule has 0 radical (unpaired) electrons. The van der Waals surface area contributed by atoms with Crippen LogP contribution < -0.4 is 11.3 Å². The van der Waals surface area contributed by atoms with E-state index in [1.165, 1.54) is 44.9 Å². The molecule has 1 atom stereocenters. The van der Waals surface area contributed by atoms with E-state index in [9.17, 15) is 0 Å².